The Labute approximate surface area is 113 Å². The highest BCUT2D eigenvalue weighted by Gasteiger charge is 2.12. The van der Waals surface area contributed by atoms with Crippen LogP contribution in [0.5, 0.6) is 11.5 Å². The summed E-state index contributed by atoms with van der Waals surface area (Å²) in [6.07, 6.45) is 3.98. The largest absolute Gasteiger partial charge is 0.490 e. The molecule has 0 N–H and O–H groups in total. The fourth-order valence-electron chi connectivity index (χ4n) is 1.59. The zero-order valence-corrected chi connectivity index (χ0v) is 11.6. The number of halogens is 1. The van der Waals surface area contributed by atoms with E-state index in [2.05, 4.69) is 6.92 Å². The Balaban J connectivity index is 2.82. The van der Waals surface area contributed by atoms with Gasteiger partial charge in [0.2, 0.25) is 0 Å². The minimum atomic E-state index is 0.416. The molecule has 0 aliphatic rings. The van der Waals surface area contributed by atoms with E-state index in [0.29, 0.717) is 35.3 Å². The lowest BCUT2D eigenvalue weighted by atomic mass is 10.2. The quantitative estimate of drug-likeness (QED) is 0.526. The monoisotopic (exact) mass is 270 g/mol. The maximum absolute atomic E-state index is 10.8. The Morgan fingerprint density at radius 3 is 2.61 bits per heavy atom. The van der Waals surface area contributed by atoms with Crippen molar-refractivity contribution < 1.29 is 14.3 Å². The van der Waals surface area contributed by atoms with E-state index in [0.717, 1.165) is 25.5 Å². The highest BCUT2D eigenvalue weighted by molar-refractivity contribution is 6.32. The van der Waals surface area contributed by atoms with Gasteiger partial charge in [-0.15, -0.1) is 0 Å². The molecule has 0 bridgehead atoms. The van der Waals surface area contributed by atoms with E-state index in [4.69, 9.17) is 21.1 Å². The number of carbonyl (C=O) groups excluding carboxylic acids is 1. The minimum absolute atomic E-state index is 0.416. The summed E-state index contributed by atoms with van der Waals surface area (Å²) < 4.78 is 11.1. The Kier molecular flexibility index (Phi) is 6.58. The van der Waals surface area contributed by atoms with Crippen LogP contribution in [0.2, 0.25) is 5.02 Å². The first-order chi connectivity index (χ1) is 8.72. The molecule has 1 aromatic carbocycles. The topological polar surface area (TPSA) is 35.5 Å². The number of hydrogen-bond donors (Lipinski definition) is 0. The van der Waals surface area contributed by atoms with Crippen LogP contribution in [-0.2, 0) is 0 Å². The van der Waals surface area contributed by atoms with Crippen LogP contribution >= 0.6 is 11.6 Å². The van der Waals surface area contributed by atoms with Crippen molar-refractivity contribution in [2.24, 2.45) is 0 Å². The summed E-state index contributed by atoms with van der Waals surface area (Å²) in [6.45, 7) is 5.12. The molecule has 100 valence electrons. The third kappa shape index (κ3) is 4.22. The number of unbranched alkanes of at least 4 members (excludes halogenated alkanes) is 2. The van der Waals surface area contributed by atoms with Crippen LogP contribution in [0.4, 0.5) is 0 Å². The van der Waals surface area contributed by atoms with Crippen molar-refractivity contribution in [3.63, 3.8) is 0 Å². The number of aldehydes is 1. The van der Waals surface area contributed by atoms with Crippen LogP contribution < -0.4 is 9.47 Å². The number of rotatable bonds is 8. The molecule has 0 aliphatic heterocycles. The van der Waals surface area contributed by atoms with E-state index in [1.165, 1.54) is 0 Å². The van der Waals surface area contributed by atoms with Gasteiger partial charge in [-0.1, -0.05) is 31.4 Å². The minimum Gasteiger partial charge on any atom is -0.490 e. The smallest absolute Gasteiger partial charge is 0.179 e. The summed E-state index contributed by atoms with van der Waals surface area (Å²) in [5.74, 6) is 1.06. The average Bonchev–Trinajstić information content (AvgIpc) is 2.37. The zero-order chi connectivity index (χ0) is 13.4. The standard InChI is InChI=1S/C14H19ClO3/c1-3-5-6-7-18-14-12(15)8-11(10-16)9-13(14)17-4-2/h8-10H,3-7H2,1-2H3. The van der Waals surface area contributed by atoms with Crippen LogP contribution in [0.15, 0.2) is 12.1 Å². The van der Waals surface area contributed by atoms with Gasteiger partial charge in [-0.05, 0) is 25.5 Å². The van der Waals surface area contributed by atoms with Crippen molar-refractivity contribution in [1.82, 2.24) is 0 Å². The van der Waals surface area contributed by atoms with E-state index < -0.39 is 0 Å². The van der Waals surface area contributed by atoms with Crippen LogP contribution in [-0.4, -0.2) is 19.5 Å². The first kappa shape index (κ1) is 14.8. The fraction of sp³-hybridized carbons (Fsp3) is 0.500. The van der Waals surface area contributed by atoms with Gasteiger partial charge >= 0.3 is 0 Å². The van der Waals surface area contributed by atoms with Crippen LogP contribution in [0.1, 0.15) is 43.5 Å². The first-order valence-corrected chi connectivity index (χ1v) is 6.65. The van der Waals surface area contributed by atoms with Crippen molar-refractivity contribution in [3.8, 4) is 11.5 Å². The molecule has 0 fully saturated rings. The van der Waals surface area contributed by atoms with Gasteiger partial charge in [0.05, 0.1) is 18.2 Å². The van der Waals surface area contributed by atoms with Crippen molar-refractivity contribution in [1.29, 1.82) is 0 Å². The van der Waals surface area contributed by atoms with Gasteiger partial charge in [0, 0.05) is 5.56 Å². The molecular formula is C14H19ClO3. The molecule has 0 radical (unpaired) electrons. The molecule has 0 saturated carbocycles. The van der Waals surface area contributed by atoms with Gasteiger partial charge < -0.3 is 9.47 Å². The molecule has 0 unspecified atom stereocenters. The highest BCUT2D eigenvalue weighted by Crippen LogP contribution is 2.36. The van der Waals surface area contributed by atoms with Gasteiger partial charge in [-0.3, -0.25) is 4.79 Å². The fourth-order valence-corrected chi connectivity index (χ4v) is 1.86. The van der Waals surface area contributed by atoms with Gasteiger partial charge in [-0.2, -0.15) is 0 Å². The molecule has 0 saturated heterocycles. The second kappa shape index (κ2) is 7.98. The summed E-state index contributed by atoms with van der Waals surface area (Å²) in [5.41, 5.74) is 0.490. The molecule has 0 spiro atoms. The molecule has 1 rings (SSSR count). The molecule has 0 aromatic heterocycles. The predicted octanol–water partition coefficient (Wildman–Crippen LogP) is 4.12. The molecule has 0 atom stereocenters. The van der Waals surface area contributed by atoms with Crippen molar-refractivity contribution in [2.45, 2.75) is 33.1 Å². The second-order valence-corrected chi connectivity index (χ2v) is 4.34. The van der Waals surface area contributed by atoms with Gasteiger partial charge in [0.25, 0.3) is 0 Å². The Morgan fingerprint density at radius 1 is 1.22 bits per heavy atom. The second-order valence-electron chi connectivity index (χ2n) is 3.94. The first-order valence-electron chi connectivity index (χ1n) is 6.27. The molecule has 0 amide bonds. The molecule has 0 aliphatic carbocycles. The number of ether oxygens (including phenoxy) is 2. The lowest BCUT2D eigenvalue weighted by Crippen LogP contribution is -2.02. The maximum atomic E-state index is 10.8. The zero-order valence-electron chi connectivity index (χ0n) is 10.9. The van der Waals surface area contributed by atoms with E-state index >= 15 is 0 Å². The van der Waals surface area contributed by atoms with Gasteiger partial charge in [0.1, 0.15) is 6.29 Å². The Bertz CT molecular complexity index is 391. The summed E-state index contributed by atoms with van der Waals surface area (Å²) in [5, 5.41) is 0.416. The van der Waals surface area contributed by atoms with Crippen molar-refractivity contribution >= 4 is 17.9 Å². The van der Waals surface area contributed by atoms with Crippen LogP contribution in [0.3, 0.4) is 0 Å². The number of benzene rings is 1. The van der Waals surface area contributed by atoms with E-state index in [-0.39, 0.29) is 0 Å². The summed E-state index contributed by atoms with van der Waals surface area (Å²) in [6, 6.07) is 3.24. The molecule has 0 heterocycles. The van der Waals surface area contributed by atoms with E-state index in [9.17, 15) is 4.79 Å². The van der Waals surface area contributed by atoms with Crippen LogP contribution in [0, 0.1) is 0 Å². The third-order valence-electron chi connectivity index (χ3n) is 2.46. The normalized spacial score (nSPS) is 10.2. The highest BCUT2D eigenvalue weighted by atomic mass is 35.5. The Hall–Kier alpha value is -1.22. The summed E-state index contributed by atoms with van der Waals surface area (Å²) in [7, 11) is 0. The lowest BCUT2D eigenvalue weighted by Gasteiger charge is -2.13. The van der Waals surface area contributed by atoms with Gasteiger partial charge in [0.15, 0.2) is 11.5 Å². The van der Waals surface area contributed by atoms with E-state index in [1.54, 1.807) is 12.1 Å². The maximum Gasteiger partial charge on any atom is 0.179 e. The Morgan fingerprint density at radius 2 is 2.00 bits per heavy atom. The lowest BCUT2D eigenvalue weighted by molar-refractivity contribution is 0.112. The van der Waals surface area contributed by atoms with Gasteiger partial charge in [-0.25, -0.2) is 0 Å². The molecule has 1 aromatic rings. The SMILES string of the molecule is CCCCCOc1c(Cl)cc(C=O)cc1OCC. The van der Waals surface area contributed by atoms with Crippen molar-refractivity contribution in [2.75, 3.05) is 13.2 Å². The summed E-state index contributed by atoms with van der Waals surface area (Å²) in [4.78, 5) is 10.8. The molecule has 3 nitrogen and oxygen atoms in total. The van der Waals surface area contributed by atoms with Crippen molar-refractivity contribution in [3.05, 3.63) is 22.7 Å². The number of carbonyl (C=O) groups is 1. The van der Waals surface area contributed by atoms with Crippen LogP contribution in [0.25, 0.3) is 0 Å². The predicted molar refractivity (Wildman–Crippen MR) is 73.0 cm³/mol. The van der Waals surface area contributed by atoms with E-state index in [1.807, 2.05) is 6.92 Å². The average molecular weight is 271 g/mol. The molecule has 18 heavy (non-hydrogen) atoms. The molecular weight excluding hydrogens is 252 g/mol. The number of hydrogen-bond acceptors (Lipinski definition) is 3. The third-order valence-corrected chi connectivity index (χ3v) is 2.74. The molecule has 4 heteroatoms. The summed E-state index contributed by atoms with van der Waals surface area (Å²) >= 11 is 6.10.